The second-order valence-electron chi connectivity index (χ2n) is 7.87. The van der Waals surface area contributed by atoms with Crippen molar-refractivity contribution in [1.82, 2.24) is 24.9 Å². The topological polar surface area (TPSA) is 81.1 Å². The fourth-order valence-electron chi connectivity index (χ4n) is 4.27. The van der Waals surface area contributed by atoms with Crippen LogP contribution in [0.1, 0.15) is 30.0 Å². The second kappa shape index (κ2) is 8.69. The fourth-order valence-corrected chi connectivity index (χ4v) is 5.38. The predicted octanol–water partition coefficient (Wildman–Crippen LogP) is 4.37. The molecule has 1 aromatic carbocycles. The van der Waals surface area contributed by atoms with Gasteiger partial charge in [-0.25, -0.2) is 4.98 Å². The van der Waals surface area contributed by atoms with E-state index in [9.17, 15) is 0 Å². The molecule has 7 heteroatoms. The van der Waals surface area contributed by atoms with E-state index in [1.807, 2.05) is 55.5 Å². The van der Waals surface area contributed by atoms with E-state index < -0.39 is 0 Å². The van der Waals surface area contributed by atoms with E-state index in [0.29, 0.717) is 18.3 Å². The highest BCUT2D eigenvalue weighted by Crippen LogP contribution is 2.36. The van der Waals surface area contributed by atoms with Crippen molar-refractivity contribution >= 4 is 23.2 Å². The first-order chi connectivity index (χ1) is 15.3. The number of hydrogen-bond donors (Lipinski definition) is 2. The maximum Gasteiger partial charge on any atom is 0.165 e. The van der Waals surface area contributed by atoms with Crippen LogP contribution in [-0.2, 0) is 6.54 Å². The molecular formula is C24H26N6S. The summed E-state index contributed by atoms with van der Waals surface area (Å²) < 4.78 is 1.77. The summed E-state index contributed by atoms with van der Waals surface area (Å²) in [6, 6.07) is 14.3. The number of benzene rings is 1. The Morgan fingerprint density at radius 3 is 2.58 bits per heavy atom. The van der Waals surface area contributed by atoms with Gasteiger partial charge in [-0.1, -0.05) is 36.4 Å². The number of anilines is 1. The number of thioether (sulfide) groups is 1. The zero-order valence-electron chi connectivity index (χ0n) is 17.6. The van der Waals surface area contributed by atoms with Crippen molar-refractivity contribution in [1.29, 1.82) is 0 Å². The molecule has 0 aliphatic carbocycles. The average molecular weight is 431 g/mol. The molecule has 5 rings (SSSR count). The van der Waals surface area contributed by atoms with Crippen molar-refractivity contribution in [2.24, 2.45) is 0 Å². The largest absolute Gasteiger partial charge is 0.383 e. The third-order valence-corrected chi connectivity index (χ3v) is 6.97. The number of pyridine rings is 1. The number of nitrogens with zero attached hydrogens (tertiary/aromatic N) is 4. The minimum absolute atomic E-state index is 0.443. The lowest BCUT2D eigenvalue weighted by atomic mass is 9.94. The van der Waals surface area contributed by atoms with Gasteiger partial charge >= 0.3 is 0 Å². The minimum atomic E-state index is 0.443. The quantitative estimate of drug-likeness (QED) is 0.489. The zero-order valence-corrected chi connectivity index (χ0v) is 18.4. The van der Waals surface area contributed by atoms with Crippen LogP contribution in [0.5, 0.6) is 0 Å². The van der Waals surface area contributed by atoms with Crippen LogP contribution in [0.4, 0.5) is 5.82 Å². The Morgan fingerprint density at radius 1 is 1.06 bits per heavy atom. The third kappa shape index (κ3) is 3.79. The molecule has 0 saturated carbocycles. The maximum atomic E-state index is 6.60. The molecule has 3 N–H and O–H groups in total. The predicted molar refractivity (Wildman–Crippen MR) is 128 cm³/mol. The first kappa shape index (κ1) is 20.0. The minimum Gasteiger partial charge on any atom is -0.383 e. The summed E-state index contributed by atoms with van der Waals surface area (Å²) in [5, 5.41) is 7.83. The van der Waals surface area contributed by atoms with Crippen molar-refractivity contribution in [3.05, 3.63) is 66.1 Å². The molecule has 0 atom stereocenters. The molecule has 6 nitrogen and oxygen atoms in total. The highest BCUT2D eigenvalue weighted by Gasteiger charge is 2.24. The number of rotatable bonds is 5. The molecule has 0 amide bonds. The highest BCUT2D eigenvalue weighted by atomic mass is 32.2. The van der Waals surface area contributed by atoms with Crippen molar-refractivity contribution in [2.75, 3.05) is 24.3 Å². The summed E-state index contributed by atoms with van der Waals surface area (Å²) in [7, 11) is 1.94. The van der Waals surface area contributed by atoms with E-state index >= 15 is 0 Å². The molecule has 4 aromatic rings. The Balaban J connectivity index is 1.59. The second-order valence-corrected chi connectivity index (χ2v) is 9.09. The van der Waals surface area contributed by atoms with Crippen LogP contribution in [0.25, 0.3) is 28.0 Å². The van der Waals surface area contributed by atoms with Crippen LogP contribution in [0, 0.1) is 0 Å². The van der Waals surface area contributed by atoms with Gasteiger partial charge < -0.3 is 11.1 Å². The maximum absolute atomic E-state index is 6.60. The molecule has 0 bridgehead atoms. The fraction of sp³-hybridized carbons (Fsp3) is 0.292. The number of hydrogen-bond acceptors (Lipinski definition) is 6. The van der Waals surface area contributed by atoms with E-state index in [2.05, 4.69) is 33.6 Å². The number of fused-ring (bicyclic) bond motifs is 1. The van der Waals surface area contributed by atoms with Crippen molar-refractivity contribution in [2.45, 2.75) is 25.3 Å². The van der Waals surface area contributed by atoms with Crippen molar-refractivity contribution < 1.29 is 0 Å². The van der Waals surface area contributed by atoms with Crippen LogP contribution in [0.2, 0.25) is 0 Å². The molecule has 0 radical (unpaired) electrons. The summed E-state index contributed by atoms with van der Waals surface area (Å²) in [6.45, 7) is 0.691. The van der Waals surface area contributed by atoms with E-state index in [1.165, 1.54) is 11.5 Å². The molecule has 1 aliphatic heterocycles. The number of nitrogens with one attached hydrogen (secondary N) is 1. The molecule has 4 heterocycles. The summed E-state index contributed by atoms with van der Waals surface area (Å²) in [5.41, 5.74) is 13.6. The van der Waals surface area contributed by atoms with Crippen molar-refractivity contribution in [3.63, 3.8) is 0 Å². The molecule has 0 spiro atoms. The third-order valence-electron chi connectivity index (χ3n) is 5.92. The van der Waals surface area contributed by atoms with Gasteiger partial charge in [-0.15, -0.1) is 0 Å². The monoisotopic (exact) mass is 430 g/mol. The average Bonchev–Trinajstić information content (AvgIpc) is 3.26. The van der Waals surface area contributed by atoms with Crippen molar-refractivity contribution in [3.8, 4) is 22.4 Å². The molecule has 0 unspecified atom stereocenters. The Labute approximate surface area is 186 Å². The number of aromatic nitrogens is 4. The Bertz CT molecular complexity index is 1180. The standard InChI is InChI=1S/C24H26N6S/c1-26-14-20-22(17-9-11-31-12-10-17)29-24-19(15-28-30(24)23(20)25)18-7-8-21(27-13-18)16-5-3-2-4-6-16/h2-8,13,15,17,26H,9-12,14,25H2,1H3. The van der Waals surface area contributed by atoms with E-state index in [4.69, 9.17) is 10.7 Å². The molecule has 31 heavy (non-hydrogen) atoms. The molecule has 1 aliphatic rings. The molecule has 1 saturated heterocycles. The van der Waals surface area contributed by atoms with Crippen LogP contribution in [0.3, 0.4) is 0 Å². The smallest absolute Gasteiger partial charge is 0.165 e. The van der Waals surface area contributed by atoms with Crippen LogP contribution < -0.4 is 11.1 Å². The number of nitrogen functional groups attached to an aromatic ring is 1. The van der Waals surface area contributed by atoms with E-state index in [1.54, 1.807) is 4.52 Å². The van der Waals surface area contributed by atoms with Gasteiger partial charge in [0.2, 0.25) is 0 Å². The van der Waals surface area contributed by atoms with E-state index in [-0.39, 0.29) is 0 Å². The van der Waals surface area contributed by atoms with Crippen LogP contribution >= 0.6 is 11.8 Å². The number of nitrogens with two attached hydrogens (primary N) is 1. The van der Waals surface area contributed by atoms with Gasteiger partial charge in [-0.2, -0.15) is 21.4 Å². The Hall–Kier alpha value is -2.90. The molecular weight excluding hydrogens is 404 g/mol. The van der Waals surface area contributed by atoms with Crippen LogP contribution in [-0.4, -0.2) is 38.1 Å². The molecule has 3 aromatic heterocycles. The van der Waals surface area contributed by atoms with Gasteiger partial charge in [0, 0.05) is 40.9 Å². The zero-order chi connectivity index (χ0) is 21.2. The molecule has 1 fully saturated rings. The summed E-state index contributed by atoms with van der Waals surface area (Å²) >= 11 is 2.02. The van der Waals surface area contributed by atoms with Gasteiger partial charge in [0.05, 0.1) is 17.6 Å². The van der Waals surface area contributed by atoms with Gasteiger partial charge in [0.25, 0.3) is 0 Å². The van der Waals surface area contributed by atoms with Crippen LogP contribution in [0.15, 0.2) is 54.9 Å². The lowest BCUT2D eigenvalue weighted by Crippen LogP contribution is -2.19. The highest BCUT2D eigenvalue weighted by molar-refractivity contribution is 7.99. The Kier molecular flexibility index (Phi) is 5.61. The van der Waals surface area contributed by atoms with Gasteiger partial charge in [0.1, 0.15) is 5.82 Å². The molecule has 158 valence electrons. The Morgan fingerprint density at radius 2 is 1.87 bits per heavy atom. The lowest BCUT2D eigenvalue weighted by molar-refractivity contribution is 0.605. The normalized spacial score (nSPS) is 14.9. The summed E-state index contributed by atoms with van der Waals surface area (Å²) in [6.07, 6.45) is 6.03. The lowest BCUT2D eigenvalue weighted by Gasteiger charge is -2.24. The SMILES string of the molecule is CNCc1c(C2CCSCC2)nc2c(-c3ccc(-c4ccccc4)nc3)cnn2c1N. The van der Waals surface area contributed by atoms with Gasteiger partial charge in [-0.3, -0.25) is 4.98 Å². The van der Waals surface area contributed by atoms with Gasteiger partial charge in [-0.05, 0) is 37.5 Å². The first-order valence-corrected chi connectivity index (χ1v) is 11.8. The first-order valence-electron chi connectivity index (χ1n) is 10.7. The summed E-state index contributed by atoms with van der Waals surface area (Å²) in [4.78, 5) is 9.82. The van der Waals surface area contributed by atoms with Gasteiger partial charge in [0.15, 0.2) is 5.65 Å². The van der Waals surface area contributed by atoms with E-state index in [0.717, 1.165) is 52.1 Å². The summed E-state index contributed by atoms with van der Waals surface area (Å²) in [5.74, 6) is 3.46.